The number of aromatic nitrogens is 8. The first-order valence-corrected chi connectivity index (χ1v) is 14.5. The summed E-state index contributed by atoms with van der Waals surface area (Å²) in [7, 11) is 0. The summed E-state index contributed by atoms with van der Waals surface area (Å²) in [5.74, 6) is 3.20. The van der Waals surface area contributed by atoms with E-state index >= 15 is 0 Å². The molecular weight excluding hydrogens is 614 g/mol. The highest BCUT2D eigenvalue weighted by atomic mass is 79.9. The lowest BCUT2D eigenvalue weighted by Crippen LogP contribution is -2.22. The zero-order valence-corrected chi connectivity index (χ0v) is 24.9. The average Bonchev–Trinajstić information content (AvgIpc) is 3.82. The summed E-state index contributed by atoms with van der Waals surface area (Å²) in [4.78, 5) is 2.30. The number of ether oxygens (including phenoxy) is 1. The van der Waals surface area contributed by atoms with Crippen molar-refractivity contribution >= 4 is 43.6 Å². The molecule has 0 fully saturated rings. The van der Waals surface area contributed by atoms with Gasteiger partial charge in [-0.3, -0.25) is 0 Å². The van der Waals surface area contributed by atoms with E-state index in [1.54, 1.807) is 0 Å². The van der Waals surface area contributed by atoms with Crippen LogP contribution in [0.5, 0.6) is 5.75 Å². The van der Waals surface area contributed by atoms with Gasteiger partial charge in [0.25, 0.3) is 0 Å². The van der Waals surface area contributed by atoms with Crippen molar-refractivity contribution in [2.75, 3.05) is 11.5 Å². The molecule has 0 saturated carbocycles. The largest absolute Gasteiger partial charge is 0.492 e. The third-order valence-corrected chi connectivity index (χ3v) is 7.52. The molecule has 7 aromatic rings. The maximum atomic E-state index is 6.06. The van der Waals surface area contributed by atoms with Crippen LogP contribution < -0.4 is 9.64 Å². The molecule has 0 aliphatic heterocycles. The number of halogens is 1. The van der Waals surface area contributed by atoms with Gasteiger partial charge in [-0.05, 0) is 85.9 Å². The van der Waals surface area contributed by atoms with Gasteiger partial charge in [-0.1, -0.05) is 38.1 Å². The van der Waals surface area contributed by atoms with E-state index < -0.39 is 0 Å². The number of furan rings is 2. The van der Waals surface area contributed by atoms with Gasteiger partial charge >= 0.3 is 0 Å². The highest BCUT2D eigenvalue weighted by molar-refractivity contribution is 9.10. The van der Waals surface area contributed by atoms with Crippen LogP contribution in [0.15, 0.2) is 80.0 Å². The lowest BCUT2D eigenvalue weighted by molar-refractivity contribution is 0.269. The molecule has 0 unspecified atom stereocenters. The predicted molar refractivity (Wildman–Crippen MR) is 163 cm³/mol. The van der Waals surface area contributed by atoms with Gasteiger partial charge in [0.15, 0.2) is 11.5 Å². The van der Waals surface area contributed by atoms with E-state index in [9.17, 15) is 0 Å². The summed E-state index contributed by atoms with van der Waals surface area (Å²) in [5.41, 5.74) is 4.69. The van der Waals surface area contributed by atoms with Gasteiger partial charge in [0.05, 0.1) is 11.1 Å². The zero-order chi connectivity index (χ0) is 29.3. The van der Waals surface area contributed by atoms with Crippen molar-refractivity contribution in [3.8, 4) is 28.9 Å². The number of tetrazole rings is 2. The molecule has 0 bridgehead atoms. The minimum Gasteiger partial charge on any atom is -0.492 e. The fourth-order valence-corrected chi connectivity index (χ4v) is 5.32. The predicted octanol–water partition coefficient (Wildman–Crippen LogP) is 6.54. The fraction of sp³-hybridized carbons (Fsp3) is 0.200. The Hall–Kier alpha value is -5.04. The molecule has 216 valence electrons. The number of hydrogen-bond acceptors (Lipinski definition) is 10. The highest BCUT2D eigenvalue weighted by Crippen LogP contribution is 2.33. The van der Waals surface area contributed by atoms with Crippen molar-refractivity contribution in [3.05, 3.63) is 82.3 Å². The van der Waals surface area contributed by atoms with E-state index in [4.69, 9.17) is 13.6 Å². The lowest BCUT2D eigenvalue weighted by Gasteiger charge is -2.26. The first kappa shape index (κ1) is 26.8. The van der Waals surface area contributed by atoms with Crippen molar-refractivity contribution in [3.63, 3.8) is 0 Å². The van der Waals surface area contributed by atoms with E-state index in [1.807, 2.05) is 42.5 Å². The van der Waals surface area contributed by atoms with Crippen molar-refractivity contribution in [2.45, 2.75) is 26.9 Å². The maximum absolute atomic E-state index is 6.06. The average molecular weight is 641 g/mol. The van der Waals surface area contributed by atoms with Crippen LogP contribution >= 0.6 is 15.9 Å². The van der Waals surface area contributed by atoms with E-state index in [-0.39, 0.29) is 0 Å². The number of rotatable bonds is 10. The molecule has 4 aromatic heterocycles. The van der Waals surface area contributed by atoms with Gasteiger partial charge in [0.2, 0.25) is 11.6 Å². The monoisotopic (exact) mass is 639 g/mol. The Labute approximate surface area is 253 Å². The van der Waals surface area contributed by atoms with Crippen molar-refractivity contribution < 1.29 is 13.6 Å². The normalized spacial score (nSPS) is 11.6. The Bertz CT molecular complexity index is 1880. The Balaban J connectivity index is 1.20. The van der Waals surface area contributed by atoms with Crippen LogP contribution in [0.1, 0.15) is 25.0 Å². The van der Waals surface area contributed by atoms with Gasteiger partial charge in [0.1, 0.15) is 16.9 Å². The van der Waals surface area contributed by atoms with Crippen LogP contribution in [0, 0.1) is 5.92 Å². The SMILES string of the molecule is CC(C)COc1ccc(N(Cc2ccc3cc(-c4nn[nH]n4)oc3c2)Cc2ccc3cc(-c4nn[nH]n4)oc3c2)cc1Br. The second kappa shape index (κ2) is 11.3. The second-order valence-electron chi connectivity index (χ2n) is 10.6. The van der Waals surface area contributed by atoms with Crippen LogP contribution in [0.4, 0.5) is 5.69 Å². The third-order valence-electron chi connectivity index (χ3n) is 6.90. The van der Waals surface area contributed by atoms with Gasteiger partial charge < -0.3 is 18.5 Å². The lowest BCUT2D eigenvalue weighted by atomic mass is 10.1. The topological polar surface area (TPSA) is 148 Å². The molecule has 3 aromatic carbocycles. The van der Waals surface area contributed by atoms with Crippen LogP contribution in [-0.4, -0.2) is 47.9 Å². The van der Waals surface area contributed by atoms with E-state index in [0.29, 0.717) is 48.8 Å². The first-order valence-electron chi connectivity index (χ1n) is 13.7. The molecule has 12 nitrogen and oxygen atoms in total. The number of anilines is 1. The molecule has 0 spiro atoms. The van der Waals surface area contributed by atoms with Gasteiger partial charge in [-0.2, -0.15) is 10.4 Å². The summed E-state index contributed by atoms with van der Waals surface area (Å²) in [6.45, 7) is 6.15. The Morgan fingerprint density at radius 3 is 1.84 bits per heavy atom. The van der Waals surface area contributed by atoms with Gasteiger partial charge in [-0.15, -0.1) is 20.4 Å². The number of nitrogens with zero attached hydrogens (tertiary/aromatic N) is 7. The molecule has 7 rings (SSSR count). The van der Waals surface area contributed by atoms with Crippen molar-refractivity contribution in [2.24, 2.45) is 5.92 Å². The molecule has 13 heteroatoms. The molecule has 0 aliphatic carbocycles. The minimum absolute atomic E-state index is 0.416. The quantitative estimate of drug-likeness (QED) is 0.169. The summed E-state index contributed by atoms with van der Waals surface area (Å²) >= 11 is 3.72. The molecule has 0 radical (unpaired) electrons. The van der Waals surface area contributed by atoms with Crippen molar-refractivity contribution in [1.82, 2.24) is 41.2 Å². The van der Waals surface area contributed by atoms with E-state index in [1.165, 1.54) is 0 Å². The van der Waals surface area contributed by atoms with Crippen LogP contribution in [0.2, 0.25) is 0 Å². The number of fused-ring (bicyclic) bond motifs is 2. The molecule has 4 heterocycles. The molecule has 43 heavy (non-hydrogen) atoms. The molecular formula is C30H26BrN9O3. The molecule has 2 N–H and O–H groups in total. The molecule has 0 aliphatic rings. The first-order chi connectivity index (χ1) is 21.0. The standard InChI is InChI=1S/C30H26BrN9O3/c1-17(2)16-41-24-8-7-22(13-23(24)31)40(14-18-3-5-20-11-27(42-25(20)9-18)29-32-36-37-33-29)15-19-4-6-21-12-28(43-26(21)10-19)30-34-38-39-35-30/h3-13,17H,14-16H2,1-2H3,(H,32,33,36,37)(H,34,35,38,39). The number of aromatic amines is 2. The minimum atomic E-state index is 0.416. The van der Waals surface area contributed by atoms with Crippen LogP contribution in [-0.2, 0) is 13.1 Å². The summed E-state index contributed by atoms with van der Waals surface area (Å²) < 4.78 is 19.0. The number of nitrogens with one attached hydrogen (secondary N) is 2. The summed E-state index contributed by atoms with van der Waals surface area (Å²) in [5, 5.41) is 30.2. The smallest absolute Gasteiger partial charge is 0.239 e. The fourth-order valence-electron chi connectivity index (χ4n) is 4.84. The zero-order valence-electron chi connectivity index (χ0n) is 23.3. The maximum Gasteiger partial charge on any atom is 0.239 e. The molecule has 0 atom stereocenters. The molecule has 0 saturated heterocycles. The van der Waals surface area contributed by atoms with Crippen LogP contribution in [0.25, 0.3) is 45.1 Å². The Morgan fingerprint density at radius 1 is 0.767 bits per heavy atom. The highest BCUT2D eigenvalue weighted by Gasteiger charge is 2.16. The number of H-pyrrole nitrogens is 2. The van der Waals surface area contributed by atoms with E-state index in [2.05, 4.69) is 100 Å². The second-order valence-corrected chi connectivity index (χ2v) is 11.5. The number of benzene rings is 3. The Kier molecular flexibility index (Phi) is 7.07. The van der Waals surface area contributed by atoms with Crippen molar-refractivity contribution in [1.29, 1.82) is 0 Å². The third kappa shape index (κ3) is 5.71. The van der Waals surface area contributed by atoms with Gasteiger partial charge in [-0.25, -0.2) is 0 Å². The van der Waals surface area contributed by atoms with Crippen LogP contribution in [0.3, 0.4) is 0 Å². The summed E-state index contributed by atoms with van der Waals surface area (Å²) in [6, 6.07) is 22.4. The van der Waals surface area contributed by atoms with Gasteiger partial charge in [0, 0.05) is 29.5 Å². The number of hydrogen-bond donors (Lipinski definition) is 2. The summed E-state index contributed by atoms with van der Waals surface area (Å²) in [6.07, 6.45) is 0. The van der Waals surface area contributed by atoms with E-state index in [0.717, 1.165) is 49.0 Å². The molecule has 0 amide bonds. The Morgan fingerprint density at radius 2 is 1.35 bits per heavy atom.